The van der Waals surface area contributed by atoms with Gasteiger partial charge in [-0.1, -0.05) is 54.7 Å². The molecule has 174 valence electrons. The lowest BCUT2D eigenvalue weighted by atomic mass is 9.95. The summed E-state index contributed by atoms with van der Waals surface area (Å²) >= 11 is 1.16. The fourth-order valence-electron chi connectivity index (χ4n) is 3.91. The summed E-state index contributed by atoms with van der Waals surface area (Å²) in [6, 6.07) is 13.0. The first-order valence-corrected chi connectivity index (χ1v) is 11.2. The third-order valence-corrected chi connectivity index (χ3v) is 6.45. The third kappa shape index (κ3) is 4.03. The van der Waals surface area contributed by atoms with Crippen molar-refractivity contribution in [3.63, 3.8) is 0 Å². The summed E-state index contributed by atoms with van der Waals surface area (Å²) in [5.74, 6) is -0.419. The Labute approximate surface area is 198 Å². The Morgan fingerprint density at radius 2 is 1.97 bits per heavy atom. The predicted octanol–water partition coefficient (Wildman–Crippen LogP) is 2.72. The van der Waals surface area contributed by atoms with Gasteiger partial charge in [-0.25, -0.2) is 9.79 Å². The second-order valence-electron chi connectivity index (χ2n) is 7.39. The zero-order valence-corrected chi connectivity index (χ0v) is 19.5. The Bertz CT molecular complexity index is 1490. The first-order valence-electron chi connectivity index (χ1n) is 10.4. The van der Waals surface area contributed by atoms with Crippen LogP contribution < -0.4 is 19.6 Å². The Morgan fingerprint density at radius 3 is 2.59 bits per heavy atom. The zero-order chi connectivity index (χ0) is 24.4. The number of allylic oxidation sites excluding steroid dienone is 1. The summed E-state index contributed by atoms with van der Waals surface area (Å²) < 4.78 is 11.9. The summed E-state index contributed by atoms with van der Waals surface area (Å²) in [5, 5.41) is 11.4. The maximum absolute atomic E-state index is 13.5. The van der Waals surface area contributed by atoms with E-state index in [4.69, 9.17) is 9.47 Å². The lowest BCUT2D eigenvalue weighted by molar-refractivity contribution is -0.385. The minimum atomic E-state index is -0.702. The van der Waals surface area contributed by atoms with Crippen LogP contribution in [0.5, 0.6) is 5.75 Å². The third-order valence-electron chi connectivity index (χ3n) is 5.46. The van der Waals surface area contributed by atoms with Gasteiger partial charge in [0.2, 0.25) is 0 Å². The molecule has 4 rings (SSSR count). The molecule has 10 heteroatoms. The fraction of sp³-hybridized carbons (Fsp3) is 0.208. The van der Waals surface area contributed by atoms with E-state index in [0.29, 0.717) is 32.6 Å². The molecular weight excluding hydrogens is 458 g/mol. The number of aromatic nitrogens is 1. The molecule has 1 aromatic heterocycles. The van der Waals surface area contributed by atoms with Crippen LogP contribution in [0.1, 0.15) is 30.5 Å². The quantitative estimate of drug-likeness (QED) is 0.305. The van der Waals surface area contributed by atoms with Crippen LogP contribution in [-0.2, 0) is 9.53 Å². The zero-order valence-electron chi connectivity index (χ0n) is 18.7. The summed E-state index contributed by atoms with van der Waals surface area (Å²) in [7, 11) is 2.65. The number of nitro groups is 1. The molecule has 1 aliphatic heterocycles. The van der Waals surface area contributed by atoms with E-state index in [2.05, 4.69) is 4.99 Å². The van der Waals surface area contributed by atoms with Gasteiger partial charge < -0.3 is 9.47 Å². The molecule has 0 spiro atoms. The van der Waals surface area contributed by atoms with Crippen molar-refractivity contribution >= 4 is 29.1 Å². The van der Waals surface area contributed by atoms with Crippen molar-refractivity contribution in [2.24, 2.45) is 4.99 Å². The van der Waals surface area contributed by atoms with E-state index < -0.39 is 16.9 Å². The number of esters is 1. The minimum absolute atomic E-state index is 0.128. The molecule has 9 nitrogen and oxygen atoms in total. The van der Waals surface area contributed by atoms with Crippen molar-refractivity contribution < 1.29 is 19.2 Å². The van der Waals surface area contributed by atoms with Gasteiger partial charge in [0.15, 0.2) is 10.6 Å². The van der Waals surface area contributed by atoms with Crippen LogP contribution in [0.3, 0.4) is 0 Å². The topological polar surface area (TPSA) is 113 Å². The van der Waals surface area contributed by atoms with Crippen molar-refractivity contribution in [1.29, 1.82) is 0 Å². The maximum Gasteiger partial charge on any atom is 0.338 e. The molecule has 0 unspecified atom stereocenters. The second-order valence-corrected chi connectivity index (χ2v) is 8.40. The number of carbonyl (C=O) groups excluding carboxylic acids is 1. The molecule has 0 amide bonds. The normalized spacial score (nSPS) is 15.5. The van der Waals surface area contributed by atoms with Gasteiger partial charge in [-0.2, -0.15) is 0 Å². The summed E-state index contributed by atoms with van der Waals surface area (Å²) in [4.78, 5) is 42.2. The fourth-order valence-corrected chi connectivity index (χ4v) is 4.93. The number of hydrogen-bond acceptors (Lipinski definition) is 8. The van der Waals surface area contributed by atoms with Gasteiger partial charge >= 0.3 is 11.7 Å². The van der Waals surface area contributed by atoms with E-state index in [1.165, 1.54) is 30.9 Å². The molecule has 2 heterocycles. The van der Waals surface area contributed by atoms with E-state index >= 15 is 0 Å². The smallest absolute Gasteiger partial charge is 0.338 e. The van der Waals surface area contributed by atoms with Crippen LogP contribution in [0.15, 0.2) is 69.6 Å². The van der Waals surface area contributed by atoms with E-state index in [1.807, 2.05) is 37.3 Å². The highest BCUT2D eigenvalue weighted by molar-refractivity contribution is 7.07. The molecule has 3 aromatic rings. The highest BCUT2D eigenvalue weighted by Crippen LogP contribution is 2.32. The largest absolute Gasteiger partial charge is 0.490 e. The first kappa shape index (κ1) is 23.1. The summed E-state index contributed by atoms with van der Waals surface area (Å²) in [5.41, 5.74) is 1.53. The van der Waals surface area contributed by atoms with E-state index in [9.17, 15) is 19.7 Å². The summed E-state index contributed by atoms with van der Waals surface area (Å²) in [6.07, 6.45) is 2.05. The number of benzene rings is 2. The lowest BCUT2D eigenvalue weighted by Gasteiger charge is -2.25. The first-order chi connectivity index (χ1) is 16.4. The number of hydrogen-bond donors (Lipinski definition) is 0. The Balaban J connectivity index is 1.96. The van der Waals surface area contributed by atoms with Crippen LogP contribution in [0.2, 0.25) is 0 Å². The number of carbonyl (C=O) groups is 1. The number of thiazole rings is 1. The van der Waals surface area contributed by atoms with E-state index in [-0.39, 0.29) is 17.0 Å². The van der Waals surface area contributed by atoms with Gasteiger partial charge in [0, 0.05) is 6.07 Å². The van der Waals surface area contributed by atoms with Crippen molar-refractivity contribution in [2.75, 3.05) is 14.2 Å². The number of nitrogens with zero attached hydrogens (tertiary/aromatic N) is 3. The Morgan fingerprint density at radius 1 is 1.24 bits per heavy atom. The van der Waals surface area contributed by atoms with Crippen LogP contribution in [0.4, 0.5) is 5.69 Å². The molecule has 0 saturated heterocycles. The van der Waals surface area contributed by atoms with Gasteiger partial charge in [0.1, 0.15) is 0 Å². The van der Waals surface area contributed by atoms with Crippen LogP contribution >= 0.6 is 11.3 Å². The van der Waals surface area contributed by atoms with Crippen molar-refractivity contribution in [1.82, 2.24) is 4.57 Å². The van der Waals surface area contributed by atoms with Crippen molar-refractivity contribution in [3.8, 4) is 5.75 Å². The Hall–Kier alpha value is -4.05. The number of ether oxygens (including phenoxy) is 2. The Kier molecular flexibility index (Phi) is 6.42. The summed E-state index contributed by atoms with van der Waals surface area (Å²) in [6.45, 7) is 1.88. The molecule has 0 radical (unpaired) electrons. The van der Waals surface area contributed by atoms with Gasteiger partial charge in [-0.05, 0) is 29.7 Å². The van der Waals surface area contributed by atoms with E-state index in [1.54, 1.807) is 12.1 Å². The predicted molar refractivity (Wildman–Crippen MR) is 126 cm³/mol. The molecule has 2 aromatic carbocycles. The van der Waals surface area contributed by atoms with Gasteiger partial charge in [-0.15, -0.1) is 0 Å². The molecule has 1 aliphatic rings. The van der Waals surface area contributed by atoms with E-state index in [0.717, 1.165) is 16.9 Å². The average molecular weight is 480 g/mol. The number of methoxy groups -OCH3 is 2. The molecule has 0 bridgehead atoms. The van der Waals surface area contributed by atoms with Crippen molar-refractivity contribution in [2.45, 2.75) is 19.4 Å². The maximum atomic E-state index is 13.5. The molecule has 0 aliphatic carbocycles. The molecule has 34 heavy (non-hydrogen) atoms. The van der Waals surface area contributed by atoms with Crippen LogP contribution in [-0.4, -0.2) is 29.7 Å². The molecule has 0 N–H and O–H groups in total. The molecular formula is C24H21N3O6S. The van der Waals surface area contributed by atoms with Crippen LogP contribution in [0, 0.1) is 10.1 Å². The number of fused-ring (bicyclic) bond motifs is 1. The highest BCUT2D eigenvalue weighted by Gasteiger charge is 2.33. The minimum Gasteiger partial charge on any atom is -0.490 e. The molecule has 0 saturated carbocycles. The number of rotatable bonds is 6. The monoisotopic (exact) mass is 479 g/mol. The standard InChI is InChI=1S/C24H21N3O6S/c1-4-16-20(23(29)33-3)21(15-8-6-5-7-9-15)26-22(28)19(34-24(26)25-16)13-14-10-11-18(32-2)17(12-14)27(30)31/h5-13,21H,4H2,1-3H3/b19-13-/t21-/m1/s1. The number of nitro benzene ring substituents is 1. The highest BCUT2D eigenvalue weighted by atomic mass is 32.1. The SMILES string of the molecule is CCC1=C(C(=O)OC)[C@@H](c2ccccc2)n2c(s/c(=C\c3ccc(OC)c([N+](=O)[O-])c3)c2=O)=N1. The van der Waals surface area contributed by atoms with Crippen LogP contribution in [0.25, 0.3) is 6.08 Å². The van der Waals surface area contributed by atoms with Gasteiger partial charge in [-0.3, -0.25) is 19.5 Å². The average Bonchev–Trinajstić information content (AvgIpc) is 3.17. The molecule has 1 atom stereocenters. The lowest BCUT2D eigenvalue weighted by Crippen LogP contribution is -2.40. The molecule has 0 fully saturated rings. The van der Waals surface area contributed by atoms with Crippen molar-refractivity contribution in [3.05, 3.63) is 101 Å². The van der Waals surface area contributed by atoms with Gasteiger partial charge in [0.05, 0.1) is 41.0 Å². The second kappa shape index (κ2) is 9.44. The van der Waals surface area contributed by atoms with Gasteiger partial charge in [0.25, 0.3) is 5.56 Å².